The van der Waals surface area contributed by atoms with Gasteiger partial charge in [0.2, 0.25) is 0 Å². The number of hydrogen-bond donors (Lipinski definition) is 2. The molecule has 0 unspecified atom stereocenters. The van der Waals surface area contributed by atoms with Crippen LogP contribution >= 0.6 is 0 Å². The number of carbonyl (C=O) groups is 2. The number of nitrogens with one attached hydrogen (secondary N) is 2. The van der Waals surface area contributed by atoms with E-state index in [0.29, 0.717) is 36.8 Å². The summed E-state index contributed by atoms with van der Waals surface area (Å²) in [6.45, 7) is 1.81. The Balaban J connectivity index is 1.51. The summed E-state index contributed by atoms with van der Waals surface area (Å²) >= 11 is 0. The van der Waals surface area contributed by atoms with Gasteiger partial charge in [0.15, 0.2) is 6.61 Å². The van der Waals surface area contributed by atoms with Crippen LogP contribution in [0.3, 0.4) is 0 Å². The molecule has 0 bridgehead atoms. The van der Waals surface area contributed by atoms with E-state index in [1.165, 1.54) is 0 Å². The van der Waals surface area contributed by atoms with Gasteiger partial charge in [0.1, 0.15) is 11.5 Å². The van der Waals surface area contributed by atoms with Crippen molar-refractivity contribution >= 4 is 17.5 Å². The molecule has 2 N–H and O–H groups in total. The summed E-state index contributed by atoms with van der Waals surface area (Å²) in [5, 5.41) is 5.81. The van der Waals surface area contributed by atoms with Crippen LogP contribution in [0.2, 0.25) is 0 Å². The largest absolute Gasteiger partial charge is 0.497 e. The molecule has 1 fully saturated rings. The Hall–Kier alpha value is -3.06. The van der Waals surface area contributed by atoms with Crippen LogP contribution in [0, 0.1) is 0 Å². The average Bonchev–Trinajstić information content (AvgIpc) is 2.77. The number of amides is 2. The van der Waals surface area contributed by atoms with Gasteiger partial charge in [0, 0.05) is 30.7 Å². The van der Waals surface area contributed by atoms with Crippen molar-refractivity contribution in [2.45, 2.75) is 18.3 Å². The fourth-order valence-corrected chi connectivity index (χ4v) is 3.85. The number of carbonyl (C=O) groups excluding carboxylic acids is 2. The monoisotopic (exact) mass is 396 g/mol. The van der Waals surface area contributed by atoms with Gasteiger partial charge >= 0.3 is 0 Å². The molecule has 2 heterocycles. The molecule has 2 amide bonds. The molecule has 2 aliphatic heterocycles. The van der Waals surface area contributed by atoms with E-state index in [1.807, 2.05) is 12.1 Å². The van der Waals surface area contributed by atoms with Crippen LogP contribution in [-0.4, -0.2) is 45.3 Å². The van der Waals surface area contributed by atoms with Gasteiger partial charge in [-0.3, -0.25) is 9.59 Å². The fraction of sp³-hybridized carbons (Fsp3) is 0.364. The van der Waals surface area contributed by atoms with Gasteiger partial charge in [-0.2, -0.15) is 0 Å². The summed E-state index contributed by atoms with van der Waals surface area (Å²) < 4.78 is 16.2. The lowest BCUT2D eigenvalue weighted by atomic mass is 9.74. The SMILES string of the molecule is COc1ccc(C2(CNC(=O)c3ccc4c(c3)NC(=O)CO4)CCOCC2)cc1. The third-order valence-corrected chi connectivity index (χ3v) is 5.61. The summed E-state index contributed by atoms with van der Waals surface area (Å²) in [4.78, 5) is 24.3. The van der Waals surface area contributed by atoms with E-state index in [9.17, 15) is 9.59 Å². The van der Waals surface area contributed by atoms with E-state index in [4.69, 9.17) is 14.2 Å². The molecule has 2 aromatic rings. The smallest absolute Gasteiger partial charge is 0.262 e. The third kappa shape index (κ3) is 4.05. The van der Waals surface area contributed by atoms with E-state index in [1.54, 1.807) is 25.3 Å². The Labute approximate surface area is 169 Å². The number of methoxy groups -OCH3 is 1. The summed E-state index contributed by atoms with van der Waals surface area (Å²) in [5.41, 5.74) is 1.97. The molecule has 152 valence electrons. The Bertz CT molecular complexity index is 904. The van der Waals surface area contributed by atoms with Crippen molar-refractivity contribution in [2.24, 2.45) is 0 Å². The maximum absolute atomic E-state index is 12.8. The van der Waals surface area contributed by atoms with Crippen LogP contribution in [0.5, 0.6) is 11.5 Å². The fourth-order valence-electron chi connectivity index (χ4n) is 3.85. The molecule has 7 nitrogen and oxygen atoms in total. The maximum atomic E-state index is 12.8. The Morgan fingerprint density at radius 2 is 1.93 bits per heavy atom. The van der Waals surface area contributed by atoms with Gasteiger partial charge in [-0.15, -0.1) is 0 Å². The molecule has 0 atom stereocenters. The van der Waals surface area contributed by atoms with Crippen molar-refractivity contribution in [2.75, 3.05) is 38.8 Å². The summed E-state index contributed by atoms with van der Waals surface area (Å²) in [6.07, 6.45) is 1.65. The zero-order valence-electron chi connectivity index (χ0n) is 16.3. The number of rotatable bonds is 5. The highest BCUT2D eigenvalue weighted by molar-refractivity contribution is 5.99. The van der Waals surface area contributed by atoms with Crippen LogP contribution in [0.4, 0.5) is 5.69 Å². The van der Waals surface area contributed by atoms with Crippen molar-refractivity contribution in [3.8, 4) is 11.5 Å². The molecule has 7 heteroatoms. The van der Waals surface area contributed by atoms with Crippen molar-refractivity contribution in [1.82, 2.24) is 5.32 Å². The first kappa shape index (κ1) is 19.3. The van der Waals surface area contributed by atoms with Crippen LogP contribution < -0.4 is 20.1 Å². The quantitative estimate of drug-likeness (QED) is 0.811. The van der Waals surface area contributed by atoms with E-state index in [2.05, 4.69) is 22.8 Å². The number of ether oxygens (including phenoxy) is 3. The molecule has 0 saturated carbocycles. The number of hydrogen-bond acceptors (Lipinski definition) is 5. The summed E-state index contributed by atoms with van der Waals surface area (Å²) in [7, 11) is 1.64. The van der Waals surface area contributed by atoms with Gasteiger partial charge in [-0.25, -0.2) is 0 Å². The highest BCUT2D eigenvalue weighted by Gasteiger charge is 2.35. The zero-order valence-corrected chi connectivity index (χ0v) is 16.3. The van der Waals surface area contributed by atoms with E-state index in [-0.39, 0.29) is 23.8 Å². The first-order valence-corrected chi connectivity index (χ1v) is 9.67. The number of fused-ring (bicyclic) bond motifs is 1. The minimum Gasteiger partial charge on any atom is -0.497 e. The lowest BCUT2D eigenvalue weighted by Gasteiger charge is -2.38. The zero-order chi connectivity index (χ0) is 20.3. The third-order valence-electron chi connectivity index (χ3n) is 5.61. The lowest BCUT2D eigenvalue weighted by Crippen LogP contribution is -2.44. The van der Waals surface area contributed by atoms with E-state index < -0.39 is 0 Å². The topological polar surface area (TPSA) is 85.9 Å². The molecule has 0 radical (unpaired) electrons. The van der Waals surface area contributed by atoms with Crippen molar-refractivity contribution in [1.29, 1.82) is 0 Å². The molecule has 0 aliphatic carbocycles. The van der Waals surface area contributed by atoms with Gasteiger partial charge in [-0.05, 0) is 48.7 Å². The second-order valence-electron chi connectivity index (χ2n) is 7.35. The Kier molecular flexibility index (Phi) is 5.40. The second-order valence-corrected chi connectivity index (χ2v) is 7.35. The predicted molar refractivity (Wildman–Crippen MR) is 108 cm³/mol. The maximum Gasteiger partial charge on any atom is 0.262 e. The van der Waals surface area contributed by atoms with Crippen LogP contribution in [-0.2, 0) is 14.9 Å². The number of benzene rings is 2. The molecule has 0 spiro atoms. The highest BCUT2D eigenvalue weighted by Crippen LogP contribution is 2.35. The molecule has 1 saturated heterocycles. The highest BCUT2D eigenvalue weighted by atomic mass is 16.5. The van der Waals surface area contributed by atoms with Gasteiger partial charge < -0.3 is 24.8 Å². The molecule has 2 aliphatic rings. The van der Waals surface area contributed by atoms with Crippen LogP contribution in [0.15, 0.2) is 42.5 Å². The van der Waals surface area contributed by atoms with E-state index in [0.717, 1.165) is 24.2 Å². The van der Waals surface area contributed by atoms with Gasteiger partial charge in [-0.1, -0.05) is 12.1 Å². The number of anilines is 1. The molecule has 29 heavy (non-hydrogen) atoms. The standard InChI is InChI=1S/C22H24N2O5/c1-27-17-5-3-16(4-6-17)22(8-10-28-11-9-22)14-23-21(26)15-2-7-19-18(12-15)24-20(25)13-29-19/h2-7,12H,8-11,13-14H2,1H3,(H,23,26)(H,24,25). The molecule has 4 rings (SSSR count). The molecule has 0 aromatic heterocycles. The van der Waals surface area contributed by atoms with Gasteiger partial charge in [0.25, 0.3) is 11.8 Å². The lowest BCUT2D eigenvalue weighted by molar-refractivity contribution is -0.118. The van der Waals surface area contributed by atoms with Crippen LogP contribution in [0.25, 0.3) is 0 Å². The minimum absolute atomic E-state index is 0.00893. The minimum atomic E-state index is -0.226. The average molecular weight is 396 g/mol. The first-order chi connectivity index (χ1) is 14.1. The normalized spacial score (nSPS) is 17.5. The van der Waals surface area contributed by atoms with Crippen molar-refractivity contribution in [3.05, 3.63) is 53.6 Å². The first-order valence-electron chi connectivity index (χ1n) is 9.67. The second kappa shape index (κ2) is 8.13. The Morgan fingerprint density at radius 3 is 2.66 bits per heavy atom. The van der Waals surface area contributed by atoms with Gasteiger partial charge in [0.05, 0.1) is 12.8 Å². The molecular formula is C22H24N2O5. The summed E-state index contributed by atoms with van der Waals surface area (Å²) in [6, 6.07) is 13.1. The molecular weight excluding hydrogens is 372 g/mol. The van der Waals surface area contributed by atoms with E-state index >= 15 is 0 Å². The molecule has 2 aromatic carbocycles. The van der Waals surface area contributed by atoms with Crippen molar-refractivity contribution < 1.29 is 23.8 Å². The van der Waals surface area contributed by atoms with Crippen molar-refractivity contribution in [3.63, 3.8) is 0 Å². The Morgan fingerprint density at radius 1 is 1.17 bits per heavy atom. The van der Waals surface area contributed by atoms with Crippen LogP contribution in [0.1, 0.15) is 28.8 Å². The summed E-state index contributed by atoms with van der Waals surface area (Å²) in [5.74, 6) is 0.960. The predicted octanol–water partition coefficient (Wildman–Crippen LogP) is 2.50.